The Labute approximate surface area is 126 Å². The van der Waals surface area contributed by atoms with E-state index in [1.54, 1.807) is 4.90 Å². The zero-order chi connectivity index (χ0) is 15.5. The third-order valence-corrected chi connectivity index (χ3v) is 5.09. The Bertz CT molecular complexity index is 478. The predicted molar refractivity (Wildman–Crippen MR) is 78.8 cm³/mol. The van der Waals surface area contributed by atoms with E-state index in [-0.39, 0.29) is 17.4 Å². The minimum absolute atomic E-state index is 0.111. The molecule has 0 aromatic rings. The average Bonchev–Trinajstić information content (AvgIpc) is 2.42. The first-order chi connectivity index (χ1) is 9.86. The van der Waals surface area contributed by atoms with Crippen molar-refractivity contribution in [2.75, 3.05) is 44.9 Å². The number of rotatable bonds is 5. The van der Waals surface area contributed by atoms with Crippen LogP contribution in [0.4, 0.5) is 0 Å². The van der Waals surface area contributed by atoms with Crippen LogP contribution in [0, 0.1) is 5.41 Å². The van der Waals surface area contributed by atoms with Crippen LogP contribution in [0.3, 0.4) is 0 Å². The van der Waals surface area contributed by atoms with Crippen LogP contribution in [0.25, 0.3) is 0 Å². The van der Waals surface area contributed by atoms with E-state index in [0.717, 1.165) is 32.1 Å². The highest BCUT2D eigenvalue weighted by molar-refractivity contribution is 7.91. The molecular weight excluding hydrogens is 294 g/mol. The number of piperidine rings is 1. The van der Waals surface area contributed by atoms with E-state index in [1.807, 2.05) is 6.92 Å². The van der Waals surface area contributed by atoms with Crippen molar-refractivity contribution in [2.45, 2.75) is 32.3 Å². The number of hydrogen-bond acceptors (Lipinski definition) is 5. The van der Waals surface area contributed by atoms with Crippen molar-refractivity contribution in [3.05, 3.63) is 0 Å². The number of sulfone groups is 1. The van der Waals surface area contributed by atoms with E-state index >= 15 is 0 Å². The molecule has 2 atom stereocenters. The Kier molecular flexibility index (Phi) is 5.27. The standard InChI is InChI=1S/C14H25NO5S/c1-3-19-11-14-6-4-8-20-12(14)5-7-15(10-14)13(16)9-21(2,17)18/h12H,3-11H2,1-2H3/t12-,14+/m1/s1. The second kappa shape index (κ2) is 6.62. The van der Waals surface area contributed by atoms with E-state index in [0.29, 0.717) is 26.3 Å². The minimum atomic E-state index is -3.29. The molecule has 2 rings (SSSR count). The number of carbonyl (C=O) groups is 1. The molecular formula is C14H25NO5S. The number of amides is 1. The molecule has 2 heterocycles. The monoisotopic (exact) mass is 319 g/mol. The van der Waals surface area contributed by atoms with Gasteiger partial charge >= 0.3 is 0 Å². The number of likely N-dealkylation sites (tertiary alicyclic amines) is 1. The SMILES string of the molecule is CCOC[C@@]12CCCO[C@@H]1CCN(C(=O)CS(C)(=O)=O)C2. The Morgan fingerprint density at radius 1 is 1.48 bits per heavy atom. The lowest BCUT2D eigenvalue weighted by molar-refractivity contribution is -0.162. The summed E-state index contributed by atoms with van der Waals surface area (Å²) in [7, 11) is -3.29. The highest BCUT2D eigenvalue weighted by Crippen LogP contribution is 2.40. The van der Waals surface area contributed by atoms with Crippen LogP contribution in [0.15, 0.2) is 0 Å². The summed E-state index contributed by atoms with van der Waals surface area (Å²) in [5.41, 5.74) is -0.181. The summed E-state index contributed by atoms with van der Waals surface area (Å²) in [4.78, 5) is 13.8. The first-order valence-corrected chi connectivity index (χ1v) is 9.57. The molecule has 0 aliphatic carbocycles. The van der Waals surface area contributed by atoms with Crippen molar-refractivity contribution in [3.63, 3.8) is 0 Å². The molecule has 0 radical (unpaired) electrons. The van der Waals surface area contributed by atoms with Gasteiger partial charge in [0.2, 0.25) is 5.91 Å². The summed E-state index contributed by atoms with van der Waals surface area (Å²) < 4.78 is 34.1. The normalized spacial score (nSPS) is 30.0. The maximum atomic E-state index is 12.2. The van der Waals surface area contributed by atoms with Crippen molar-refractivity contribution in [1.29, 1.82) is 0 Å². The van der Waals surface area contributed by atoms with E-state index in [1.165, 1.54) is 0 Å². The van der Waals surface area contributed by atoms with Gasteiger partial charge in [-0.15, -0.1) is 0 Å². The van der Waals surface area contributed by atoms with Crippen molar-refractivity contribution in [1.82, 2.24) is 4.90 Å². The number of hydrogen-bond donors (Lipinski definition) is 0. The fourth-order valence-corrected chi connectivity index (χ4v) is 3.97. The second-order valence-corrected chi connectivity index (χ2v) is 8.28. The summed E-state index contributed by atoms with van der Waals surface area (Å²) in [5, 5.41) is 0. The van der Waals surface area contributed by atoms with Gasteiger partial charge in [-0.2, -0.15) is 0 Å². The Morgan fingerprint density at radius 3 is 2.90 bits per heavy atom. The molecule has 2 saturated heterocycles. The highest BCUT2D eigenvalue weighted by atomic mass is 32.2. The molecule has 0 unspecified atom stereocenters. The average molecular weight is 319 g/mol. The van der Waals surface area contributed by atoms with Crippen LogP contribution < -0.4 is 0 Å². The molecule has 2 fully saturated rings. The van der Waals surface area contributed by atoms with Crippen LogP contribution in [0.1, 0.15) is 26.2 Å². The van der Waals surface area contributed by atoms with E-state index < -0.39 is 15.6 Å². The molecule has 2 aliphatic rings. The zero-order valence-corrected chi connectivity index (χ0v) is 13.7. The highest BCUT2D eigenvalue weighted by Gasteiger charge is 2.47. The second-order valence-electron chi connectivity index (χ2n) is 6.14. The van der Waals surface area contributed by atoms with Gasteiger partial charge in [0.15, 0.2) is 9.84 Å². The Balaban J connectivity index is 2.09. The van der Waals surface area contributed by atoms with Crippen LogP contribution >= 0.6 is 0 Å². The third-order valence-electron chi connectivity index (χ3n) is 4.32. The van der Waals surface area contributed by atoms with E-state index in [9.17, 15) is 13.2 Å². The Morgan fingerprint density at radius 2 is 2.24 bits per heavy atom. The molecule has 0 aromatic heterocycles. The van der Waals surface area contributed by atoms with Gasteiger partial charge in [0.05, 0.1) is 12.7 Å². The molecule has 0 N–H and O–H groups in total. The minimum Gasteiger partial charge on any atom is -0.381 e. The summed E-state index contributed by atoms with van der Waals surface area (Å²) in [6, 6.07) is 0. The van der Waals surface area contributed by atoms with Crippen LogP contribution in [-0.4, -0.2) is 70.2 Å². The van der Waals surface area contributed by atoms with Crippen LogP contribution in [0.5, 0.6) is 0 Å². The maximum Gasteiger partial charge on any atom is 0.237 e. The number of nitrogens with zero attached hydrogens (tertiary/aromatic N) is 1. The third kappa shape index (κ3) is 4.17. The maximum absolute atomic E-state index is 12.2. The lowest BCUT2D eigenvalue weighted by Gasteiger charge is -2.50. The molecule has 0 spiro atoms. The summed E-state index contributed by atoms with van der Waals surface area (Å²) >= 11 is 0. The summed E-state index contributed by atoms with van der Waals surface area (Å²) in [6.07, 6.45) is 3.87. The largest absolute Gasteiger partial charge is 0.381 e. The molecule has 6 nitrogen and oxygen atoms in total. The topological polar surface area (TPSA) is 72.9 Å². The van der Waals surface area contributed by atoms with Gasteiger partial charge in [0.25, 0.3) is 0 Å². The van der Waals surface area contributed by atoms with Gasteiger partial charge in [0, 0.05) is 38.0 Å². The molecule has 1 amide bonds. The zero-order valence-electron chi connectivity index (χ0n) is 12.8. The first kappa shape index (κ1) is 16.7. The smallest absolute Gasteiger partial charge is 0.237 e. The lowest BCUT2D eigenvalue weighted by Crippen LogP contribution is -2.58. The number of fused-ring (bicyclic) bond motifs is 1. The van der Waals surface area contributed by atoms with Crippen molar-refractivity contribution < 1.29 is 22.7 Å². The molecule has 0 saturated carbocycles. The van der Waals surface area contributed by atoms with Gasteiger partial charge in [0.1, 0.15) is 5.75 Å². The van der Waals surface area contributed by atoms with Crippen molar-refractivity contribution in [2.24, 2.45) is 5.41 Å². The molecule has 2 aliphatic heterocycles. The van der Waals surface area contributed by atoms with Crippen molar-refractivity contribution >= 4 is 15.7 Å². The summed E-state index contributed by atoms with van der Waals surface area (Å²) in [5.74, 6) is -0.721. The molecule has 21 heavy (non-hydrogen) atoms. The van der Waals surface area contributed by atoms with Gasteiger partial charge in [-0.25, -0.2) is 8.42 Å². The lowest BCUT2D eigenvalue weighted by atomic mass is 9.73. The fourth-order valence-electron chi connectivity index (χ4n) is 3.33. The van der Waals surface area contributed by atoms with Crippen molar-refractivity contribution in [3.8, 4) is 0 Å². The van der Waals surface area contributed by atoms with E-state index in [2.05, 4.69) is 0 Å². The first-order valence-electron chi connectivity index (χ1n) is 7.51. The quantitative estimate of drug-likeness (QED) is 0.736. The number of carbonyl (C=O) groups excluding carboxylic acids is 1. The van der Waals surface area contributed by atoms with Gasteiger partial charge in [-0.05, 0) is 26.2 Å². The number of ether oxygens (including phenoxy) is 2. The molecule has 7 heteroatoms. The molecule has 0 bridgehead atoms. The van der Waals surface area contributed by atoms with Crippen LogP contribution in [0.2, 0.25) is 0 Å². The van der Waals surface area contributed by atoms with Crippen LogP contribution in [-0.2, 0) is 24.1 Å². The molecule has 122 valence electrons. The fraction of sp³-hybridized carbons (Fsp3) is 0.929. The predicted octanol–water partition coefficient (Wildman–Crippen LogP) is 0.465. The summed E-state index contributed by atoms with van der Waals surface area (Å²) in [6.45, 7) is 5.00. The molecule has 0 aromatic carbocycles. The van der Waals surface area contributed by atoms with E-state index in [4.69, 9.17) is 9.47 Å². The van der Waals surface area contributed by atoms with Gasteiger partial charge in [-0.3, -0.25) is 4.79 Å². The van der Waals surface area contributed by atoms with Gasteiger partial charge < -0.3 is 14.4 Å². The Hall–Kier alpha value is -0.660. The van der Waals surface area contributed by atoms with Gasteiger partial charge in [-0.1, -0.05) is 0 Å².